The molecule has 0 aliphatic heterocycles. The molecule has 0 aliphatic carbocycles. The van der Waals surface area contributed by atoms with Crippen LogP contribution in [0.5, 0.6) is 0 Å². The number of rotatable bonds is 3. The fourth-order valence-corrected chi connectivity index (χ4v) is 1.88. The van der Waals surface area contributed by atoms with E-state index in [9.17, 15) is 4.79 Å². The molecule has 0 heterocycles. The minimum atomic E-state index is -0.421. The molecule has 102 valence electrons. The van der Waals surface area contributed by atoms with E-state index >= 15 is 0 Å². The summed E-state index contributed by atoms with van der Waals surface area (Å²) >= 11 is 9.28. The number of carbonyl (C=O) groups is 1. The van der Waals surface area contributed by atoms with Crippen molar-refractivity contribution in [3.8, 4) is 0 Å². The van der Waals surface area contributed by atoms with Gasteiger partial charge in [0, 0.05) is 20.7 Å². The molecule has 0 bridgehead atoms. The second-order valence-electron chi connectivity index (χ2n) is 3.85. The first-order valence-corrected chi connectivity index (χ1v) is 6.92. The number of benzene rings is 2. The number of anilines is 1. The van der Waals surface area contributed by atoms with Crippen molar-refractivity contribution in [1.29, 1.82) is 0 Å². The summed E-state index contributed by atoms with van der Waals surface area (Å²) in [6.07, 6.45) is 1.49. The van der Waals surface area contributed by atoms with Crippen LogP contribution in [0.25, 0.3) is 0 Å². The number of nitrogens with zero attached hydrogens (tertiary/aromatic N) is 1. The van der Waals surface area contributed by atoms with Gasteiger partial charge in [-0.25, -0.2) is 10.2 Å². The normalized spacial score (nSPS) is 10.5. The van der Waals surface area contributed by atoms with Crippen LogP contribution >= 0.6 is 27.5 Å². The van der Waals surface area contributed by atoms with E-state index in [-0.39, 0.29) is 0 Å². The number of nitrogens with one attached hydrogen (secondary N) is 2. The summed E-state index contributed by atoms with van der Waals surface area (Å²) in [6, 6.07) is 14.0. The average Bonchev–Trinajstić information content (AvgIpc) is 2.43. The third-order valence-corrected chi connectivity index (χ3v) is 3.25. The summed E-state index contributed by atoms with van der Waals surface area (Å²) in [4.78, 5) is 11.6. The zero-order valence-corrected chi connectivity index (χ0v) is 12.6. The molecule has 6 heteroatoms. The summed E-state index contributed by atoms with van der Waals surface area (Å²) in [7, 11) is 0. The third-order valence-electron chi connectivity index (χ3n) is 2.38. The molecule has 0 fully saturated rings. The summed E-state index contributed by atoms with van der Waals surface area (Å²) < 4.78 is 0.945. The second-order valence-corrected chi connectivity index (χ2v) is 5.18. The van der Waals surface area contributed by atoms with E-state index in [4.69, 9.17) is 11.6 Å². The highest BCUT2D eigenvalue weighted by molar-refractivity contribution is 9.10. The lowest BCUT2D eigenvalue weighted by molar-refractivity contribution is 0.252. The standard InChI is InChI=1S/C14H11BrClN3O/c15-11-5-7-12(8-6-11)18-14(20)19-17-9-10-3-1-2-4-13(10)16/h1-9H,(H2,18,19,20)/b17-9+. The zero-order valence-electron chi connectivity index (χ0n) is 10.3. The molecule has 0 aliphatic rings. The molecule has 0 atom stereocenters. The van der Waals surface area contributed by atoms with Gasteiger partial charge < -0.3 is 5.32 Å². The number of carbonyl (C=O) groups excluding carboxylic acids is 1. The highest BCUT2D eigenvalue weighted by Crippen LogP contribution is 2.14. The van der Waals surface area contributed by atoms with Gasteiger partial charge in [-0.3, -0.25) is 0 Å². The lowest BCUT2D eigenvalue weighted by atomic mass is 10.2. The maximum atomic E-state index is 11.6. The fourth-order valence-electron chi connectivity index (χ4n) is 1.43. The number of amides is 2. The molecule has 4 nitrogen and oxygen atoms in total. The van der Waals surface area contributed by atoms with Gasteiger partial charge in [-0.2, -0.15) is 5.10 Å². The van der Waals surface area contributed by atoms with Crippen molar-refractivity contribution in [2.45, 2.75) is 0 Å². The van der Waals surface area contributed by atoms with Crippen LogP contribution in [0, 0.1) is 0 Å². The quantitative estimate of drug-likeness (QED) is 0.629. The number of urea groups is 1. The molecular weight excluding hydrogens is 342 g/mol. The van der Waals surface area contributed by atoms with Crippen LogP contribution < -0.4 is 10.7 Å². The Morgan fingerprint density at radius 1 is 1.15 bits per heavy atom. The van der Waals surface area contributed by atoms with Gasteiger partial charge >= 0.3 is 6.03 Å². The fraction of sp³-hybridized carbons (Fsp3) is 0. The molecule has 0 radical (unpaired) electrons. The van der Waals surface area contributed by atoms with Gasteiger partial charge in [-0.05, 0) is 30.3 Å². The van der Waals surface area contributed by atoms with Crippen molar-refractivity contribution in [2.24, 2.45) is 5.10 Å². The maximum Gasteiger partial charge on any atom is 0.339 e. The van der Waals surface area contributed by atoms with Crippen LogP contribution in [-0.2, 0) is 0 Å². The molecule has 20 heavy (non-hydrogen) atoms. The molecule has 0 unspecified atom stereocenters. The van der Waals surface area contributed by atoms with Crippen molar-refractivity contribution >= 4 is 45.5 Å². The first kappa shape index (κ1) is 14.6. The van der Waals surface area contributed by atoms with Crippen molar-refractivity contribution in [3.63, 3.8) is 0 Å². The molecular formula is C14H11BrClN3O. The van der Waals surface area contributed by atoms with Gasteiger partial charge in [-0.1, -0.05) is 45.7 Å². The Kier molecular flexibility index (Phi) is 5.15. The average molecular weight is 353 g/mol. The topological polar surface area (TPSA) is 53.5 Å². The third kappa shape index (κ3) is 4.36. The molecule has 2 amide bonds. The molecule has 0 aromatic heterocycles. The van der Waals surface area contributed by atoms with Gasteiger partial charge in [0.2, 0.25) is 0 Å². The largest absolute Gasteiger partial charge is 0.339 e. The maximum absolute atomic E-state index is 11.6. The first-order valence-electron chi connectivity index (χ1n) is 5.75. The van der Waals surface area contributed by atoms with E-state index in [1.54, 1.807) is 24.3 Å². The Bertz CT molecular complexity index is 629. The SMILES string of the molecule is O=C(N/N=C/c1ccccc1Cl)Nc1ccc(Br)cc1. The number of halogens is 2. The molecule has 0 saturated heterocycles. The van der Waals surface area contributed by atoms with Crippen molar-refractivity contribution < 1.29 is 4.79 Å². The van der Waals surface area contributed by atoms with Gasteiger partial charge in [0.05, 0.1) is 6.21 Å². The van der Waals surface area contributed by atoms with E-state index in [2.05, 4.69) is 31.8 Å². The van der Waals surface area contributed by atoms with E-state index < -0.39 is 6.03 Å². The number of hydrogen-bond acceptors (Lipinski definition) is 2. The molecule has 2 rings (SSSR count). The summed E-state index contributed by atoms with van der Waals surface area (Å²) in [5.41, 5.74) is 3.78. The van der Waals surface area contributed by atoms with Gasteiger partial charge in [0.1, 0.15) is 0 Å². The minimum absolute atomic E-state index is 0.421. The van der Waals surface area contributed by atoms with Crippen molar-refractivity contribution in [2.75, 3.05) is 5.32 Å². The highest BCUT2D eigenvalue weighted by Gasteiger charge is 2.00. The van der Waals surface area contributed by atoms with Gasteiger partial charge in [0.15, 0.2) is 0 Å². The van der Waals surface area contributed by atoms with E-state index in [1.807, 2.05) is 24.3 Å². The molecule has 0 spiro atoms. The Labute approximate surface area is 130 Å². The van der Waals surface area contributed by atoms with Crippen LogP contribution in [-0.4, -0.2) is 12.2 Å². The first-order chi connectivity index (χ1) is 9.65. The minimum Gasteiger partial charge on any atom is -0.307 e. The van der Waals surface area contributed by atoms with Gasteiger partial charge in [-0.15, -0.1) is 0 Å². The van der Waals surface area contributed by atoms with E-state index in [0.29, 0.717) is 10.7 Å². The molecule has 2 aromatic rings. The Morgan fingerprint density at radius 2 is 1.85 bits per heavy atom. The summed E-state index contributed by atoms with van der Waals surface area (Å²) in [5, 5.41) is 7.06. The predicted octanol–water partition coefficient (Wildman–Crippen LogP) is 4.26. The lowest BCUT2D eigenvalue weighted by Gasteiger charge is -2.04. The lowest BCUT2D eigenvalue weighted by Crippen LogP contribution is -2.24. The highest BCUT2D eigenvalue weighted by atomic mass is 79.9. The van der Waals surface area contributed by atoms with Crippen LogP contribution in [0.3, 0.4) is 0 Å². The monoisotopic (exact) mass is 351 g/mol. The van der Waals surface area contributed by atoms with Crippen LogP contribution in [0.15, 0.2) is 58.1 Å². The van der Waals surface area contributed by atoms with E-state index in [1.165, 1.54) is 6.21 Å². The number of hydrazone groups is 1. The smallest absolute Gasteiger partial charge is 0.307 e. The van der Waals surface area contributed by atoms with Crippen LogP contribution in [0.4, 0.5) is 10.5 Å². The Hall–Kier alpha value is -1.85. The Morgan fingerprint density at radius 3 is 2.55 bits per heavy atom. The number of hydrogen-bond donors (Lipinski definition) is 2. The molecule has 2 aromatic carbocycles. The molecule has 2 N–H and O–H groups in total. The van der Waals surface area contributed by atoms with Crippen molar-refractivity contribution in [1.82, 2.24) is 5.43 Å². The van der Waals surface area contributed by atoms with Crippen molar-refractivity contribution in [3.05, 3.63) is 63.6 Å². The van der Waals surface area contributed by atoms with Crippen LogP contribution in [0.2, 0.25) is 5.02 Å². The predicted molar refractivity (Wildman–Crippen MR) is 85.3 cm³/mol. The van der Waals surface area contributed by atoms with Crippen LogP contribution in [0.1, 0.15) is 5.56 Å². The summed E-state index contributed by atoms with van der Waals surface area (Å²) in [6.45, 7) is 0. The molecule has 0 saturated carbocycles. The van der Waals surface area contributed by atoms with E-state index in [0.717, 1.165) is 10.0 Å². The zero-order chi connectivity index (χ0) is 14.4. The van der Waals surface area contributed by atoms with Gasteiger partial charge in [0.25, 0.3) is 0 Å². The Balaban J connectivity index is 1.89. The second kappa shape index (κ2) is 7.07. The summed E-state index contributed by atoms with van der Waals surface area (Å²) in [5.74, 6) is 0.